The van der Waals surface area contributed by atoms with Crippen molar-refractivity contribution in [3.63, 3.8) is 0 Å². The second kappa shape index (κ2) is 6.97. The molecule has 2 unspecified atom stereocenters. The molecule has 0 aromatic heterocycles. The highest BCUT2D eigenvalue weighted by molar-refractivity contribution is 5.69. The van der Waals surface area contributed by atoms with Gasteiger partial charge in [-0.05, 0) is 59.8 Å². The van der Waals surface area contributed by atoms with E-state index in [1.165, 1.54) is 0 Å². The van der Waals surface area contributed by atoms with Crippen LogP contribution in [0.5, 0.6) is 0 Å². The average Bonchev–Trinajstić information content (AvgIpc) is 2.59. The summed E-state index contributed by atoms with van der Waals surface area (Å²) in [6.45, 7) is 12.3. The van der Waals surface area contributed by atoms with Crippen LogP contribution in [-0.4, -0.2) is 46.7 Å². The summed E-state index contributed by atoms with van der Waals surface area (Å²) in [6.07, 6.45) is 2.30. The number of carbonyl (C=O) groups excluding carboxylic acids is 1. The molecule has 0 aromatic rings. The normalized spacial score (nSPS) is 23.2. The molecule has 1 heterocycles. The van der Waals surface area contributed by atoms with Crippen molar-refractivity contribution in [2.45, 2.75) is 78.2 Å². The highest BCUT2D eigenvalue weighted by atomic mass is 16.6. The van der Waals surface area contributed by atoms with E-state index in [0.717, 1.165) is 19.3 Å². The molecule has 21 heavy (non-hydrogen) atoms. The first-order chi connectivity index (χ1) is 9.57. The summed E-state index contributed by atoms with van der Waals surface area (Å²) in [7, 11) is 0. The van der Waals surface area contributed by atoms with Crippen molar-refractivity contribution in [2.75, 3.05) is 13.2 Å². The number of hydrogen-bond donors (Lipinski definition) is 1. The lowest BCUT2D eigenvalue weighted by molar-refractivity contribution is -0.0630. The van der Waals surface area contributed by atoms with Crippen LogP contribution >= 0.6 is 0 Å². The summed E-state index contributed by atoms with van der Waals surface area (Å²) in [5, 5.41) is 8.92. The number of rotatable bonds is 5. The molecule has 5 nitrogen and oxygen atoms in total. The van der Waals surface area contributed by atoms with Gasteiger partial charge >= 0.3 is 6.09 Å². The van der Waals surface area contributed by atoms with E-state index in [9.17, 15) is 4.79 Å². The molecule has 1 fully saturated rings. The van der Waals surface area contributed by atoms with Gasteiger partial charge in [-0.2, -0.15) is 0 Å². The predicted octanol–water partition coefficient (Wildman–Crippen LogP) is 3.16. The Morgan fingerprint density at radius 2 is 2.10 bits per heavy atom. The van der Waals surface area contributed by atoms with Crippen molar-refractivity contribution in [1.29, 1.82) is 0 Å². The number of aliphatic hydroxyl groups excluding tert-OH is 1. The third-order valence-electron chi connectivity index (χ3n) is 3.69. The minimum absolute atomic E-state index is 0.0311. The molecule has 124 valence electrons. The Balaban J connectivity index is 2.72. The number of ether oxygens (including phenoxy) is 2. The van der Waals surface area contributed by atoms with E-state index < -0.39 is 11.3 Å². The number of amides is 1. The zero-order chi connectivity index (χ0) is 16.3. The van der Waals surface area contributed by atoms with Gasteiger partial charge in [0.25, 0.3) is 0 Å². The monoisotopic (exact) mass is 301 g/mol. The van der Waals surface area contributed by atoms with Crippen molar-refractivity contribution < 1.29 is 19.4 Å². The van der Waals surface area contributed by atoms with E-state index in [1.54, 1.807) is 4.90 Å². The summed E-state index contributed by atoms with van der Waals surface area (Å²) in [4.78, 5) is 14.2. The lowest BCUT2D eigenvalue weighted by atomic mass is 9.96. The highest BCUT2D eigenvalue weighted by Gasteiger charge is 2.45. The molecule has 1 amide bonds. The Kier molecular flexibility index (Phi) is 6.05. The molecule has 1 N–H and O–H groups in total. The topological polar surface area (TPSA) is 59.0 Å². The molecular weight excluding hydrogens is 270 g/mol. The van der Waals surface area contributed by atoms with Gasteiger partial charge in [0.15, 0.2) is 0 Å². The molecule has 0 radical (unpaired) electrons. The van der Waals surface area contributed by atoms with Crippen molar-refractivity contribution in [3.05, 3.63) is 0 Å². The van der Waals surface area contributed by atoms with Gasteiger partial charge in [-0.1, -0.05) is 6.92 Å². The molecule has 0 saturated carbocycles. The summed E-state index contributed by atoms with van der Waals surface area (Å²) in [6, 6.07) is 0.0311. The summed E-state index contributed by atoms with van der Waals surface area (Å²) in [5.74, 6) is 0.435. The number of carbonyl (C=O) groups is 1. The Labute approximate surface area is 128 Å². The Hall–Kier alpha value is -0.810. The maximum absolute atomic E-state index is 12.5. The van der Waals surface area contributed by atoms with E-state index in [2.05, 4.69) is 6.92 Å². The third kappa shape index (κ3) is 5.47. The van der Waals surface area contributed by atoms with Gasteiger partial charge in [0.2, 0.25) is 0 Å². The standard InChI is InChI=1S/C16H31NO4/c1-12(8-7-9-18)10-13-11-20-16(5,6)17(13)14(19)21-15(2,3)4/h12-13,18H,7-11H2,1-6H3. The Morgan fingerprint density at radius 1 is 1.48 bits per heavy atom. The van der Waals surface area contributed by atoms with E-state index in [-0.39, 0.29) is 18.7 Å². The highest BCUT2D eigenvalue weighted by Crippen LogP contribution is 2.32. The van der Waals surface area contributed by atoms with Crippen molar-refractivity contribution in [2.24, 2.45) is 5.92 Å². The first-order valence-corrected chi connectivity index (χ1v) is 7.84. The van der Waals surface area contributed by atoms with E-state index in [1.807, 2.05) is 34.6 Å². The van der Waals surface area contributed by atoms with Crippen molar-refractivity contribution >= 4 is 6.09 Å². The molecule has 0 bridgehead atoms. The number of hydrogen-bond acceptors (Lipinski definition) is 4. The summed E-state index contributed by atoms with van der Waals surface area (Å²) < 4.78 is 11.3. The van der Waals surface area contributed by atoms with Crippen LogP contribution in [0.1, 0.15) is 60.8 Å². The zero-order valence-electron chi connectivity index (χ0n) is 14.3. The van der Waals surface area contributed by atoms with Crippen molar-refractivity contribution in [1.82, 2.24) is 4.90 Å². The lowest BCUT2D eigenvalue weighted by Crippen LogP contribution is -2.50. The fourth-order valence-electron chi connectivity index (χ4n) is 2.76. The van der Waals surface area contributed by atoms with Gasteiger partial charge in [0, 0.05) is 6.61 Å². The zero-order valence-corrected chi connectivity index (χ0v) is 14.3. The number of nitrogens with zero attached hydrogens (tertiary/aromatic N) is 1. The second-order valence-corrected chi connectivity index (χ2v) is 7.47. The van der Waals surface area contributed by atoms with E-state index in [0.29, 0.717) is 12.5 Å². The van der Waals surface area contributed by atoms with Crippen LogP contribution in [0.4, 0.5) is 4.79 Å². The summed E-state index contributed by atoms with van der Waals surface area (Å²) >= 11 is 0. The molecule has 1 aliphatic rings. The largest absolute Gasteiger partial charge is 0.444 e. The van der Waals surface area contributed by atoms with Gasteiger partial charge in [-0.25, -0.2) is 4.79 Å². The maximum atomic E-state index is 12.5. The first kappa shape index (κ1) is 18.2. The Morgan fingerprint density at radius 3 is 2.62 bits per heavy atom. The third-order valence-corrected chi connectivity index (χ3v) is 3.69. The SMILES string of the molecule is CC(CCCO)CC1COC(C)(C)N1C(=O)OC(C)(C)C. The van der Waals surface area contributed by atoms with Gasteiger partial charge < -0.3 is 14.6 Å². The minimum Gasteiger partial charge on any atom is -0.444 e. The van der Waals surface area contributed by atoms with Gasteiger partial charge in [-0.15, -0.1) is 0 Å². The molecule has 1 saturated heterocycles. The van der Waals surface area contributed by atoms with E-state index in [4.69, 9.17) is 14.6 Å². The van der Waals surface area contributed by atoms with Crippen LogP contribution in [0.2, 0.25) is 0 Å². The number of aliphatic hydroxyl groups is 1. The van der Waals surface area contributed by atoms with E-state index >= 15 is 0 Å². The fraction of sp³-hybridized carbons (Fsp3) is 0.938. The molecule has 1 rings (SSSR count). The molecule has 5 heteroatoms. The predicted molar refractivity (Wildman–Crippen MR) is 82.0 cm³/mol. The van der Waals surface area contributed by atoms with Crippen LogP contribution in [-0.2, 0) is 9.47 Å². The van der Waals surface area contributed by atoms with Crippen LogP contribution < -0.4 is 0 Å². The molecule has 0 aromatic carbocycles. The van der Waals surface area contributed by atoms with Gasteiger partial charge in [-0.3, -0.25) is 4.90 Å². The average molecular weight is 301 g/mol. The van der Waals surface area contributed by atoms with Crippen LogP contribution in [0, 0.1) is 5.92 Å². The summed E-state index contributed by atoms with van der Waals surface area (Å²) in [5.41, 5.74) is -1.15. The minimum atomic E-state index is -0.635. The van der Waals surface area contributed by atoms with Crippen LogP contribution in [0.25, 0.3) is 0 Å². The van der Waals surface area contributed by atoms with Gasteiger partial charge in [0.05, 0.1) is 12.6 Å². The Bertz CT molecular complexity index is 349. The van der Waals surface area contributed by atoms with Crippen molar-refractivity contribution in [3.8, 4) is 0 Å². The molecular formula is C16H31NO4. The second-order valence-electron chi connectivity index (χ2n) is 7.47. The molecule has 2 atom stereocenters. The first-order valence-electron chi connectivity index (χ1n) is 7.84. The maximum Gasteiger partial charge on any atom is 0.412 e. The molecule has 0 spiro atoms. The quantitative estimate of drug-likeness (QED) is 0.847. The fourth-order valence-corrected chi connectivity index (χ4v) is 2.76. The van der Waals surface area contributed by atoms with Crippen LogP contribution in [0.15, 0.2) is 0 Å². The lowest BCUT2D eigenvalue weighted by Gasteiger charge is -2.35. The van der Waals surface area contributed by atoms with Gasteiger partial charge in [0.1, 0.15) is 11.3 Å². The molecule has 0 aliphatic carbocycles. The van der Waals surface area contributed by atoms with Crippen LogP contribution in [0.3, 0.4) is 0 Å². The molecule has 1 aliphatic heterocycles. The smallest absolute Gasteiger partial charge is 0.412 e.